The average Bonchev–Trinajstić information content (AvgIpc) is 2.50. The van der Waals surface area contributed by atoms with Crippen molar-refractivity contribution >= 4 is 11.5 Å². The van der Waals surface area contributed by atoms with E-state index in [2.05, 4.69) is 6.58 Å². The number of unbranched alkanes of at least 4 members (excludes halogenated alkanes) is 6. The average molecular weight is 303 g/mol. The molecule has 1 rings (SSSR count). The molecule has 0 saturated carbocycles. The predicted octanol–water partition coefficient (Wildman–Crippen LogP) is 5.01. The van der Waals surface area contributed by atoms with Crippen LogP contribution in [-0.4, -0.2) is 10.7 Å². The van der Waals surface area contributed by atoms with Gasteiger partial charge in [0, 0.05) is 25.0 Å². The van der Waals surface area contributed by atoms with E-state index in [1.165, 1.54) is 37.8 Å². The minimum Gasteiger partial charge on any atom is -0.299 e. The van der Waals surface area contributed by atoms with Gasteiger partial charge in [-0.1, -0.05) is 43.9 Å². The molecule has 1 aromatic carbocycles. The summed E-state index contributed by atoms with van der Waals surface area (Å²) in [4.78, 5) is 22.0. The van der Waals surface area contributed by atoms with Crippen molar-refractivity contribution < 1.29 is 9.72 Å². The molecule has 0 aliphatic heterocycles. The number of nitro groups is 1. The first-order chi connectivity index (χ1) is 10.6. The molecule has 120 valence electrons. The van der Waals surface area contributed by atoms with Crippen molar-refractivity contribution in [3.8, 4) is 0 Å². The van der Waals surface area contributed by atoms with Crippen molar-refractivity contribution in [2.45, 2.75) is 57.8 Å². The quantitative estimate of drug-likeness (QED) is 0.236. The predicted molar refractivity (Wildman–Crippen MR) is 88.9 cm³/mol. The van der Waals surface area contributed by atoms with Crippen LogP contribution in [0.5, 0.6) is 0 Å². The van der Waals surface area contributed by atoms with Crippen LogP contribution in [0.3, 0.4) is 0 Å². The molecule has 0 aromatic heterocycles. The molecule has 0 aliphatic carbocycles. The zero-order valence-corrected chi connectivity index (χ0v) is 13.1. The van der Waals surface area contributed by atoms with Gasteiger partial charge in [0.25, 0.3) is 5.69 Å². The van der Waals surface area contributed by atoms with Gasteiger partial charge >= 0.3 is 0 Å². The van der Waals surface area contributed by atoms with Crippen molar-refractivity contribution in [1.82, 2.24) is 0 Å². The Kier molecular flexibility index (Phi) is 8.80. The number of allylic oxidation sites excluding steroid dienone is 1. The van der Waals surface area contributed by atoms with Crippen molar-refractivity contribution in [1.29, 1.82) is 0 Å². The van der Waals surface area contributed by atoms with Crippen molar-refractivity contribution in [2.75, 3.05) is 0 Å². The van der Waals surface area contributed by atoms with Crippen LogP contribution in [0, 0.1) is 10.1 Å². The standard InChI is InChI=1S/C18H25NO3/c1-2-3-4-5-6-7-8-9-10-18(20)15-16-11-13-17(14-12-16)19(21)22/h2,11-14H,1,3-10,15H2. The highest BCUT2D eigenvalue weighted by Crippen LogP contribution is 2.14. The number of nitro benzene ring substituents is 1. The number of ketones is 1. The molecule has 4 heteroatoms. The number of Topliss-reactive ketones (excluding diaryl/α,β-unsaturated/α-hetero) is 1. The van der Waals surface area contributed by atoms with Crippen LogP contribution in [0.1, 0.15) is 56.9 Å². The third kappa shape index (κ3) is 7.72. The Morgan fingerprint density at radius 1 is 1.05 bits per heavy atom. The first-order valence-corrected chi connectivity index (χ1v) is 7.99. The number of carbonyl (C=O) groups excluding carboxylic acids is 1. The lowest BCUT2D eigenvalue weighted by molar-refractivity contribution is -0.384. The van der Waals surface area contributed by atoms with E-state index in [9.17, 15) is 14.9 Å². The second-order valence-corrected chi connectivity index (χ2v) is 5.59. The Bertz CT molecular complexity index is 480. The highest BCUT2D eigenvalue weighted by Gasteiger charge is 2.07. The van der Waals surface area contributed by atoms with E-state index in [0.717, 1.165) is 24.8 Å². The molecule has 0 unspecified atom stereocenters. The Balaban J connectivity index is 2.13. The Morgan fingerprint density at radius 2 is 1.64 bits per heavy atom. The number of non-ortho nitro benzene ring substituents is 1. The molecule has 0 amide bonds. The molecule has 0 fully saturated rings. The van der Waals surface area contributed by atoms with Crippen LogP contribution >= 0.6 is 0 Å². The molecule has 0 saturated heterocycles. The molecule has 0 bridgehead atoms. The fraction of sp³-hybridized carbons (Fsp3) is 0.500. The SMILES string of the molecule is C=CCCCCCCCCC(=O)Cc1ccc([N+](=O)[O-])cc1. The highest BCUT2D eigenvalue weighted by atomic mass is 16.6. The summed E-state index contributed by atoms with van der Waals surface area (Å²) in [5.41, 5.74) is 0.910. The monoisotopic (exact) mass is 303 g/mol. The Hall–Kier alpha value is -1.97. The number of benzene rings is 1. The molecule has 4 nitrogen and oxygen atoms in total. The summed E-state index contributed by atoms with van der Waals surface area (Å²) in [5, 5.41) is 10.6. The largest absolute Gasteiger partial charge is 0.299 e. The fourth-order valence-electron chi connectivity index (χ4n) is 2.37. The van der Waals surface area contributed by atoms with E-state index in [1.807, 2.05) is 6.08 Å². The van der Waals surface area contributed by atoms with E-state index < -0.39 is 4.92 Å². The van der Waals surface area contributed by atoms with E-state index in [1.54, 1.807) is 12.1 Å². The minimum atomic E-state index is -0.430. The summed E-state index contributed by atoms with van der Waals surface area (Å²) in [5.74, 6) is 0.209. The summed E-state index contributed by atoms with van der Waals surface area (Å²) >= 11 is 0. The maximum absolute atomic E-state index is 11.9. The summed E-state index contributed by atoms with van der Waals surface area (Å²) in [6.45, 7) is 3.70. The van der Waals surface area contributed by atoms with Crippen molar-refractivity contribution in [3.05, 3.63) is 52.6 Å². The van der Waals surface area contributed by atoms with Crippen LogP contribution in [0.25, 0.3) is 0 Å². The third-order valence-corrected chi connectivity index (χ3v) is 3.66. The Labute approximate surface area is 132 Å². The molecule has 0 heterocycles. The summed E-state index contributed by atoms with van der Waals surface area (Å²) in [6.07, 6.45) is 10.9. The second-order valence-electron chi connectivity index (χ2n) is 5.59. The third-order valence-electron chi connectivity index (χ3n) is 3.66. The first-order valence-electron chi connectivity index (χ1n) is 7.99. The lowest BCUT2D eigenvalue weighted by Gasteiger charge is -2.02. The molecule has 0 radical (unpaired) electrons. The van der Waals surface area contributed by atoms with Crippen molar-refractivity contribution in [3.63, 3.8) is 0 Å². The molecular formula is C18H25NO3. The lowest BCUT2D eigenvalue weighted by Crippen LogP contribution is -2.02. The maximum Gasteiger partial charge on any atom is 0.269 e. The van der Waals surface area contributed by atoms with Gasteiger partial charge in [0.05, 0.1) is 4.92 Å². The van der Waals surface area contributed by atoms with E-state index in [4.69, 9.17) is 0 Å². The normalized spacial score (nSPS) is 10.4. The minimum absolute atomic E-state index is 0.0626. The van der Waals surface area contributed by atoms with Crippen LogP contribution < -0.4 is 0 Å². The van der Waals surface area contributed by atoms with Gasteiger partial charge in [0.15, 0.2) is 0 Å². The smallest absolute Gasteiger partial charge is 0.269 e. The first kappa shape index (κ1) is 18.1. The number of hydrogen-bond acceptors (Lipinski definition) is 3. The zero-order chi connectivity index (χ0) is 16.2. The summed E-state index contributed by atoms with van der Waals surface area (Å²) in [6, 6.07) is 6.23. The van der Waals surface area contributed by atoms with Gasteiger partial charge in [-0.05, 0) is 24.8 Å². The van der Waals surface area contributed by atoms with Gasteiger partial charge in [-0.25, -0.2) is 0 Å². The van der Waals surface area contributed by atoms with E-state index in [-0.39, 0.29) is 11.5 Å². The van der Waals surface area contributed by atoms with Gasteiger partial charge in [0.2, 0.25) is 0 Å². The summed E-state index contributed by atoms with van der Waals surface area (Å²) in [7, 11) is 0. The van der Waals surface area contributed by atoms with Gasteiger partial charge < -0.3 is 0 Å². The zero-order valence-electron chi connectivity index (χ0n) is 13.1. The number of rotatable bonds is 12. The number of nitrogens with zero attached hydrogens (tertiary/aromatic N) is 1. The van der Waals surface area contributed by atoms with Gasteiger partial charge in [0.1, 0.15) is 5.78 Å². The fourth-order valence-corrected chi connectivity index (χ4v) is 2.37. The molecule has 0 aliphatic rings. The molecule has 0 atom stereocenters. The highest BCUT2D eigenvalue weighted by molar-refractivity contribution is 5.80. The summed E-state index contributed by atoms with van der Waals surface area (Å²) < 4.78 is 0. The molecule has 0 N–H and O–H groups in total. The molecule has 22 heavy (non-hydrogen) atoms. The number of carbonyl (C=O) groups is 1. The Morgan fingerprint density at radius 3 is 2.23 bits per heavy atom. The second kappa shape index (κ2) is 10.7. The van der Waals surface area contributed by atoms with Crippen molar-refractivity contribution in [2.24, 2.45) is 0 Å². The lowest BCUT2D eigenvalue weighted by atomic mass is 10.0. The van der Waals surface area contributed by atoms with Gasteiger partial charge in [-0.3, -0.25) is 14.9 Å². The molecule has 1 aromatic rings. The maximum atomic E-state index is 11.9. The van der Waals surface area contributed by atoms with Gasteiger partial charge in [-0.2, -0.15) is 0 Å². The van der Waals surface area contributed by atoms with E-state index in [0.29, 0.717) is 12.8 Å². The number of hydrogen-bond donors (Lipinski definition) is 0. The van der Waals surface area contributed by atoms with Crippen LogP contribution in [0.2, 0.25) is 0 Å². The van der Waals surface area contributed by atoms with Crippen LogP contribution in [-0.2, 0) is 11.2 Å². The van der Waals surface area contributed by atoms with Gasteiger partial charge in [-0.15, -0.1) is 6.58 Å². The van der Waals surface area contributed by atoms with Crippen LogP contribution in [0.15, 0.2) is 36.9 Å². The molecule has 0 spiro atoms. The van der Waals surface area contributed by atoms with Crippen LogP contribution in [0.4, 0.5) is 5.69 Å². The topological polar surface area (TPSA) is 60.2 Å². The molecular weight excluding hydrogens is 278 g/mol. The van der Waals surface area contributed by atoms with E-state index >= 15 is 0 Å².